The number of carbonyl (C=O) groups is 1. The van der Waals surface area contributed by atoms with Crippen LogP contribution in [-0.4, -0.2) is 16.1 Å². The first kappa shape index (κ1) is 14.6. The summed E-state index contributed by atoms with van der Waals surface area (Å²) in [5, 5.41) is 12.0. The summed E-state index contributed by atoms with van der Waals surface area (Å²) in [6.07, 6.45) is 2.94. The van der Waals surface area contributed by atoms with Crippen LogP contribution in [0.25, 0.3) is 0 Å². The van der Waals surface area contributed by atoms with E-state index in [1.165, 1.54) is 23.5 Å². The van der Waals surface area contributed by atoms with Crippen molar-refractivity contribution in [2.45, 2.75) is 32.6 Å². The van der Waals surface area contributed by atoms with E-state index >= 15 is 0 Å². The van der Waals surface area contributed by atoms with Gasteiger partial charge in [-0.1, -0.05) is 36.8 Å². The van der Waals surface area contributed by atoms with E-state index in [1.807, 2.05) is 6.92 Å². The first-order chi connectivity index (χ1) is 9.67. The maximum absolute atomic E-state index is 12.8. The van der Waals surface area contributed by atoms with Crippen molar-refractivity contribution >= 4 is 22.4 Å². The summed E-state index contributed by atoms with van der Waals surface area (Å²) in [5.41, 5.74) is 0.964. The molecule has 0 saturated carbocycles. The molecule has 106 valence electrons. The van der Waals surface area contributed by atoms with Crippen molar-refractivity contribution in [2.75, 3.05) is 5.32 Å². The largest absolute Gasteiger partial charge is 0.301 e. The molecule has 0 aliphatic carbocycles. The molecule has 6 heteroatoms. The van der Waals surface area contributed by atoms with Crippen molar-refractivity contribution in [1.82, 2.24) is 10.2 Å². The zero-order valence-electron chi connectivity index (χ0n) is 11.2. The summed E-state index contributed by atoms with van der Waals surface area (Å²) in [4.78, 5) is 11.6. The van der Waals surface area contributed by atoms with E-state index in [0.29, 0.717) is 18.0 Å². The summed E-state index contributed by atoms with van der Waals surface area (Å²) >= 11 is 1.35. The number of hydrogen-bond acceptors (Lipinski definition) is 4. The number of benzene rings is 1. The fourth-order valence-electron chi connectivity index (χ4n) is 1.67. The minimum Gasteiger partial charge on any atom is -0.301 e. The quantitative estimate of drug-likeness (QED) is 0.888. The highest BCUT2D eigenvalue weighted by molar-refractivity contribution is 7.15. The lowest BCUT2D eigenvalue weighted by Gasteiger charge is -1.98. The number of rotatable bonds is 6. The van der Waals surface area contributed by atoms with Gasteiger partial charge >= 0.3 is 0 Å². The minimum atomic E-state index is -0.255. The third-order valence-corrected chi connectivity index (χ3v) is 3.58. The number of nitrogens with one attached hydrogen (secondary N) is 1. The number of anilines is 1. The lowest BCUT2D eigenvalue weighted by molar-refractivity contribution is -0.116. The molecule has 1 aromatic heterocycles. The molecule has 2 rings (SSSR count). The van der Waals surface area contributed by atoms with Crippen LogP contribution < -0.4 is 5.32 Å². The highest BCUT2D eigenvalue weighted by Gasteiger charge is 2.08. The van der Waals surface area contributed by atoms with Crippen LogP contribution in [0.15, 0.2) is 24.3 Å². The second kappa shape index (κ2) is 7.09. The summed E-state index contributed by atoms with van der Waals surface area (Å²) < 4.78 is 12.8. The van der Waals surface area contributed by atoms with E-state index in [-0.39, 0.29) is 11.7 Å². The maximum atomic E-state index is 12.8. The van der Waals surface area contributed by atoms with Gasteiger partial charge in [-0.25, -0.2) is 4.39 Å². The van der Waals surface area contributed by atoms with Crippen LogP contribution in [0.4, 0.5) is 9.52 Å². The van der Waals surface area contributed by atoms with Crippen LogP contribution in [0.5, 0.6) is 0 Å². The van der Waals surface area contributed by atoms with Gasteiger partial charge in [-0.2, -0.15) is 0 Å². The molecule has 0 fully saturated rings. The molecule has 1 aromatic carbocycles. The predicted octanol–water partition coefficient (Wildman–Crippen LogP) is 3.40. The topological polar surface area (TPSA) is 54.9 Å². The normalized spacial score (nSPS) is 10.5. The Morgan fingerprint density at radius 3 is 2.75 bits per heavy atom. The molecule has 2 aromatic rings. The molecule has 20 heavy (non-hydrogen) atoms. The van der Waals surface area contributed by atoms with E-state index in [2.05, 4.69) is 15.5 Å². The SMILES string of the molecule is CCCCC(=O)Nc1nnc(Cc2ccc(F)cc2)s1. The Labute approximate surface area is 121 Å². The molecule has 1 amide bonds. The van der Waals surface area contributed by atoms with E-state index in [9.17, 15) is 9.18 Å². The Bertz CT molecular complexity index is 568. The number of unbranched alkanes of at least 4 members (excludes halogenated alkanes) is 1. The third-order valence-electron chi connectivity index (χ3n) is 2.74. The zero-order valence-corrected chi connectivity index (χ0v) is 12.0. The van der Waals surface area contributed by atoms with Crippen LogP contribution >= 0.6 is 11.3 Å². The summed E-state index contributed by atoms with van der Waals surface area (Å²) in [6, 6.07) is 6.28. The zero-order chi connectivity index (χ0) is 14.4. The second-order valence-electron chi connectivity index (χ2n) is 4.46. The second-order valence-corrected chi connectivity index (χ2v) is 5.52. The number of aromatic nitrogens is 2. The van der Waals surface area contributed by atoms with Crippen LogP contribution in [-0.2, 0) is 11.2 Å². The van der Waals surface area contributed by atoms with Gasteiger partial charge in [0.15, 0.2) is 0 Å². The molecule has 0 spiro atoms. The van der Waals surface area contributed by atoms with E-state index in [1.54, 1.807) is 12.1 Å². The first-order valence-corrected chi connectivity index (χ1v) is 7.35. The van der Waals surface area contributed by atoms with Gasteiger partial charge in [0.25, 0.3) is 0 Å². The molecule has 0 aliphatic rings. The smallest absolute Gasteiger partial charge is 0.226 e. The van der Waals surface area contributed by atoms with Crippen LogP contribution in [0.1, 0.15) is 36.8 Å². The summed E-state index contributed by atoms with van der Waals surface area (Å²) in [7, 11) is 0. The molecule has 0 bridgehead atoms. The fraction of sp³-hybridized carbons (Fsp3) is 0.357. The van der Waals surface area contributed by atoms with Gasteiger partial charge in [0.05, 0.1) is 0 Å². The number of nitrogens with zero attached hydrogens (tertiary/aromatic N) is 2. The standard InChI is InChI=1S/C14H16FN3OS/c1-2-3-4-12(19)16-14-18-17-13(20-14)9-10-5-7-11(15)8-6-10/h5-8H,2-4,9H2,1H3,(H,16,18,19). The number of halogens is 1. The molecule has 0 atom stereocenters. The Morgan fingerprint density at radius 2 is 2.05 bits per heavy atom. The average Bonchev–Trinajstić information content (AvgIpc) is 2.86. The fourth-order valence-corrected chi connectivity index (χ4v) is 2.46. The van der Waals surface area contributed by atoms with Gasteiger partial charge in [0.1, 0.15) is 10.8 Å². The minimum absolute atomic E-state index is 0.0312. The van der Waals surface area contributed by atoms with Crippen molar-refractivity contribution < 1.29 is 9.18 Å². The van der Waals surface area contributed by atoms with Crippen molar-refractivity contribution in [2.24, 2.45) is 0 Å². The van der Waals surface area contributed by atoms with Crippen molar-refractivity contribution in [3.05, 3.63) is 40.7 Å². The molecule has 1 heterocycles. The van der Waals surface area contributed by atoms with Crippen molar-refractivity contribution in [3.63, 3.8) is 0 Å². The summed E-state index contributed by atoms with van der Waals surface area (Å²) in [5.74, 6) is -0.286. The first-order valence-electron chi connectivity index (χ1n) is 6.54. The van der Waals surface area contributed by atoms with Gasteiger partial charge in [-0.15, -0.1) is 10.2 Å². The molecular formula is C14H16FN3OS. The lowest BCUT2D eigenvalue weighted by atomic mass is 10.2. The Kier molecular flexibility index (Phi) is 5.17. The van der Waals surface area contributed by atoms with Crippen LogP contribution in [0, 0.1) is 5.82 Å². The Balaban J connectivity index is 1.91. The predicted molar refractivity (Wildman–Crippen MR) is 77.3 cm³/mol. The monoisotopic (exact) mass is 293 g/mol. The van der Waals surface area contributed by atoms with E-state index in [4.69, 9.17) is 0 Å². The molecular weight excluding hydrogens is 277 g/mol. The van der Waals surface area contributed by atoms with Gasteiger partial charge in [0.2, 0.25) is 11.0 Å². The lowest BCUT2D eigenvalue weighted by Crippen LogP contribution is -2.10. The van der Waals surface area contributed by atoms with Crippen molar-refractivity contribution in [3.8, 4) is 0 Å². The maximum Gasteiger partial charge on any atom is 0.226 e. The average molecular weight is 293 g/mol. The van der Waals surface area contributed by atoms with E-state index < -0.39 is 0 Å². The molecule has 0 unspecified atom stereocenters. The number of amides is 1. The Hall–Kier alpha value is -1.82. The summed E-state index contributed by atoms with van der Waals surface area (Å²) in [6.45, 7) is 2.04. The van der Waals surface area contributed by atoms with Crippen LogP contribution in [0.3, 0.4) is 0 Å². The van der Waals surface area contributed by atoms with Gasteiger partial charge in [-0.3, -0.25) is 4.79 Å². The van der Waals surface area contributed by atoms with Gasteiger partial charge in [-0.05, 0) is 24.1 Å². The van der Waals surface area contributed by atoms with Crippen molar-refractivity contribution in [1.29, 1.82) is 0 Å². The third kappa shape index (κ3) is 4.38. The van der Waals surface area contributed by atoms with Gasteiger partial charge < -0.3 is 5.32 Å². The highest BCUT2D eigenvalue weighted by atomic mass is 32.1. The molecule has 0 aliphatic heterocycles. The molecule has 0 saturated heterocycles. The van der Waals surface area contributed by atoms with Crippen LogP contribution in [0.2, 0.25) is 0 Å². The Morgan fingerprint density at radius 1 is 1.30 bits per heavy atom. The number of hydrogen-bond donors (Lipinski definition) is 1. The number of carbonyl (C=O) groups excluding carboxylic acids is 1. The van der Waals surface area contributed by atoms with E-state index in [0.717, 1.165) is 23.4 Å². The molecule has 4 nitrogen and oxygen atoms in total. The van der Waals surface area contributed by atoms with Gasteiger partial charge in [0, 0.05) is 12.8 Å². The highest BCUT2D eigenvalue weighted by Crippen LogP contribution is 2.19. The molecule has 1 N–H and O–H groups in total. The molecule has 0 radical (unpaired) electrons.